The molecule has 0 radical (unpaired) electrons. The lowest BCUT2D eigenvalue weighted by atomic mass is 10.1. The van der Waals surface area contributed by atoms with Gasteiger partial charge in [0.1, 0.15) is 0 Å². The van der Waals surface area contributed by atoms with Crippen LogP contribution >= 0.6 is 0 Å². The van der Waals surface area contributed by atoms with E-state index in [0.717, 1.165) is 11.1 Å². The lowest BCUT2D eigenvalue weighted by Gasteiger charge is -2.07. The Kier molecular flexibility index (Phi) is 3.52. The third kappa shape index (κ3) is 2.82. The summed E-state index contributed by atoms with van der Waals surface area (Å²) in [6, 6.07) is 7.97. The van der Waals surface area contributed by atoms with Gasteiger partial charge in [-0.05, 0) is 12.5 Å². The summed E-state index contributed by atoms with van der Waals surface area (Å²) in [5.74, 6) is -0.804. The minimum absolute atomic E-state index is 0.0647. The maximum absolute atomic E-state index is 10.9. The predicted octanol–water partition coefficient (Wildman–Crippen LogP) is 2.10. The summed E-state index contributed by atoms with van der Waals surface area (Å²) in [5, 5.41) is 11.9. The first-order valence-corrected chi connectivity index (χ1v) is 5.50. The summed E-state index contributed by atoms with van der Waals surface area (Å²) in [6.45, 7) is 2.52. The van der Waals surface area contributed by atoms with Crippen LogP contribution in [0.2, 0.25) is 0 Å². The molecule has 0 aliphatic carbocycles. The summed E-state index contributed by atoms with van der Waals surface area (Å²) in [6.07, 6.45) is 2.83. The molecule has 92 valence electrons. The van der Waals surface area contributed by atoms with E-state index in [4.69, 9.17) is 5.11 Å². The number of rotatable bonds is 4. The number of carboxylic acid groups (broad SMARTS) is 1. The van der Waals surface area contributed by atoms with Crippen LogP contribution in [0.3, 0.4) is 0 Å². The maximum Gasteiger partial charge on any atom is 0.358 e. The number of aromatic carboxylic acids is 1. The molecule has 0 fully saturated rings. The smallest absolute Gasteiger partial charge is 0.358 e. The van der Waals surface area contributed by atoms with Crippen molar-refractivity contribution in [2.75, 3.05) is 5.32 Å². The molecule has 0 saturated carbocycles. The third-order valence-corrected chi connectivity index (χ3v) is 2.44. The van der Waals surface area contributed by atoms with Gasteiger partial charge in [-0.3, -0.25) is 0 Å². The summed E-state index contributed by atoms with van der Waals surface area (Å²) < 4.78 is 0. The number of nitrogens with one attached hydrogen (secondary N) is 1. The molecule has 0 unspecified atom stereocenters. The number of carboxylic acids is 1. The number of carbonyl (C=O) groups is 1. The molecule has 2 aromatic rings. The van der Waals surface area contributed by atoms with Crippen LogP contribution in [0.5, 0.6) is 0 Å². The molecule has 1 aromatic carbocycles. The Bertz CT molecular complexity index is 570. The van der Waals surface area contributed by atoms with E-state index >= 15 is 0 Å². The van der Waals surface area contributed by atoms with Crippen LogP contribution in [-0.4, -0.2) is 21.0 Å². The first-order chi connectivity index (χ1) is 8.66. The van der Waals surface area contributed by atoms with Crippen LogP contribution in [-0.2, 0) is 6.54 Å². The zero-order chi connectivity index (χ0) is 13.0. The van der Waals surface area contributed by atoms with Gasteiger partial charge < -0.3 is 10.4 Å². The molecular weight excluding hydrogens is 230 g/mol. The van der Waals surface area contributed by atoms with Crippen LogP contribution in [0.4, 0.5) is 5.82 Å². The SMILES string of the molecule is Cc1cccc(CNc2nccnc2C(=O)O)c1. The first-order valence-electron chi connectivity index (χ1n) is 5.50. The zero-order valence-electron chi connectivity index (χ0n) is 9.92. The van der Waals surface area contributed by atoms with Crippen molar-refractivity contribution in [3.05, 3.63) is 53.5 Å². The van der Waals surface area contributed by atoms with Crippen LogP contribution in [0.15, 0.2) is 36.7 Å². The van der Waals surface area contributed by atoms with Gasteiger partial charge >= 0.3 is 5.97 Å². The van der Waals surface area contributed by atoms with Crippen molar-refractivity contribution in [3.8, 4) is 0 Å². The van der Waals surface area contributed by atoms with Crippen LogP contribution in [0.1, 0.15) is 21.6 Å². The fraction of sp³-hybridized carbons (Fsp3) is 0.154. The average molecular weight is 243 g/mol. The standard InChI is InChI=1S/C13H13N3O2/c1-9-3-2-4-10(7-9)8-16-12-11(13(17)18)14-5-6-15-12/h2-7H,8H2,1H3,(H,15,16)(H,17,18). The molecule has 1 heterocycles. The van der Waals surface area contributed by atoms with Gasteiger partial charge in [0.2, 0.25) is 0 Å². The molecule has 0 amide bonds. The molecule has 0 saturated heterocycles. The Balaban J connectivity index is 2.13. The third-order valence-electron chi connectivity index (χ3n) is 2.44. The van der Waals surface area contributed by atoms with E-state index in [2.05, 4.69) is 15.3 Å². The quantitative estimate of drug-likeness (QED) is 0.860. The number of aromatic nitrogens is 2. The van der Waals surface area contributed by atoms with Crippen LogP contribution in [0, 0.1) is 6.92 Å². The molecule has 0 aliphatic heterocycles. The van der Waals surface area contributed by atoms with Gasteiger partial charge in [0.25, 0.3) is 0 Å². The maximum atomic E-state index is 10.9. The number of benzene rings is 1. The van der Waals surface area contributed by atoms with Gasteiger partial charge in [-0.1, -0.05) is 29.8 Å². The van der Waals surface area contributed by atoms with Gasteiger partial charge in [0, 0.05) is 18.9 Å². The highest BCUT2D eigenvalue weighted by Gasteiger charge is 2.11. The Labute approximate surface area is 105 Å². The van der Waals surface area contributed by atoms with Gasteiger partial charge in [-0.2, -0.15) is 0 Å². The van der Waals surface area contributed by atoms with Crippen LogP contribution in [0.25, 0.3) is 0 Å². The van der Waals surface area contributed by atoms with Crippen LogP contribution < -0.4 is 5.32 Å². The molecule has 2 rings (SSSR count). The van der Waals surface area contributed by atoms with Crippen molar-refractivity contribution in [1.82, 2.24) is 9.97 Å². The minimum atomic E-state index is -1.09. The molecule has 0 bridgehead atoms. The Hall–Kier alpha value is -2.43. The second-order valence-electron chi connectivity index (χ2n) is 3.90. The van der Waals surface area contributed by atoms with E-state index < -0.39 is 5.97 Å². The first kappa shape index (κ1) is 12.0. The number of aryl methyl sites for hydroxylation is 1. The van der Waals surface area contributed by atoms with Crippen molar-refractivity contribution < 1.29 is 9.90 Å². The second kappa shape index (κ2) is 5.27. The summed E-state index contributed by atoms with van der Waals surface area (Å²) >= 11 is 0. The van der Waals surface area contributed by atoms with Gasteiger partial charge in [-0.25, -0.2) is 14.8 Å². The number of hydrogen-bond donors (Lipinski definition) is 2. The van der Waals surface area contributed by atoms with E-state index in [1.165, 1.54) is 12.4 Å². The molecule has 5 nitrogen and oxygen atoms in total. The fourth-order valence-corrected chi connectivity index (χ4v) is 1.63. The monoisotopic (exact) mass is 243 g/mol. The summed E-state index contributed by atoms with van der Waals surface area (Å²) in [4.78, 5) is 18.7. The Morgan fingerprint density at radius 2 is 2.11 bits per heavy atom. The number of nitrogens with zero attached hydrogens (tertiary/aromatic N) is 2. The van der Waals surface area contributed by atoms with Crippen molar-refractivity contribution >= 4 is 11.8 Å². The average Bonchev–Trinajstić information content (AvgIpc) is 2.37. The van der Waals surface area contributed by atoms with Gasteiger partial charge in [-0.15, -0.1) is 0 Å². The molecular formula is C13H13N3O2. The summed E-state index contributed by atoms with van der Waals surface area (Å²) in [5.41, 5.74) is 2.16. The number of anilines is 1. The topological polar surface area (TPSA) is 75.1 Å². The highest BCUT2D eigenvalue weighted by Crippen LogP contribution is 2.11. The fourth-order valence-electron chi connectivity index (χ4n) is 1.63. The normalized spacial score (nSPS) is 10.1. The molecule has 0 atom stereocenters. The number of hydrogen-bond acceptors (Lipinski definition) is 4. The molecule has 0 aliphatic rings. The van der Waals surface area contributed by atoms with Crippen molar-refractivity contribution in [3.63, 3.8) is 0 Å². The van der Waals surface area contributed by atoms with Crippen molar-refractivity contribution in [1.29, 1.82) is 0 Å². The van der Waals surface area contributed by atoms with E-state index in [1.54, 1.807) is 0 Å². The lowest BCUT2D eigenvalue weighted by Crippen LogP contribution is -2.10. The van der Waals surface area contributed by atoms with Gasteiger partial charge in [0.15, 0.2) is 11.5 Å². The Morgan fingerprint density at radius 1 is 1.33 bits per heavy atom. The molecule has 5 heteroatoms. The van der Waals surface area contributed by atoms with E-state index in [1.807, 2.05) is 31.2 Å². The second-order valence-corrected chi connectivity index (χ2v) is 3.90. The van der Waals surface area contributed by atoms with E-state index in [9.17, 15) is 4.79 Å². The molecule has 0 spiro atoms. The Morgan fingerprint density at radius 3 is 2.83 bits per heavy atom. The highest BCUT2D eigenvalue weighted by molar-refractivity contribution is 5.90. The van der Waals surface area contributed by atoms with E-state index in [0.29, 0.717) is 6.54 Å². The van der Waals surface area contributed by atoms with E-state index in [-0.39, 0.29) is 11.5 Å². The molecule has 18 heavy (non-hydrogen) atoms. The predicted molar refractivity (Wildman–Crippen MR) is 67.5 cm³/mol. The lowest BCUT2D eigenvalue weighted by molar-refractivity contribution is 0.0691. The van der Waals surface area contributed by atoms with Crippen molar-refractivity contribution in [2.45, 2.75) is 13.5 Å². The summed E-state index contributed by atoms with van der Waals surface area (Å²) in [7, 11) is 0. The minimum Gasteiger partial charge on any atom is -0.476 e. The molecule has 1 aromatic heterocycles. The van der Waals surface area contributed by atoms with Crippen molar-refractivity contribution in [2.24, 2.45) is 0 Å². The highest BCUT2D eigenvalue weighted by atomic mass is 16.4. The van der Waals surface area contributed by atoms with Gasteiger partial charge in [0.05, 0.1) is 0 Å². The molecule has 2 N–H and O–H groups in total. The zero-order valence-corrected chi connectivity index (χ0v) is 9.92. The largest absolute Gasteiger partial charge is 0.476 e.